The molecule has 0 bridgehead atoms. The summed E-state index contributed by atoms with van der Waals surface area (Å²) in [4.78, 5) is 18.6. The number of piperidine rings is 1. The number of aryl methyl sites for hydroxylation is 1. The quantitative estimate of drug-likeness (QED) is 0.894. The third kappa shape index (κ3) is 3.79. The molecule has 4 nitrogen and oxygen atoms in total. The van der Waals surface area contributed by atoms with Gasteiger partial charge in [-0.15, -0.1) is 0 Å². The number of nitrogens with zero attached hydrogens (tertiary/aromatic N) is 2. The molecule has 0 spiro atoms. The van der Waals surface area contributed by atoms with Gasteiger partial charge in [-0.25, -0.2) is 0 Å². The van der Waals surface area contributed by atoms with Gasteiger partial charge in [-0.2, -0.15) is 0 Å². The molecule has 1 aromatic rings. The molecule has 1 aliphatic heterocycles. The monoisotopic (exact) mass is 275 g/mol. The van der Waals surface area contributed by atoms with Crippen molar-refractivity contribution in [2.24, 2.45) is 11.7 Å². The van der Waals surface area contributed by atoms with Gasteiger partial charge < -0.3 is 10.6 Å². The molecule has 0 aromatic carbocycles. The Balaban J connectivity index is 1.82. The predicted octanol–water partition coefficient (Wildman–Crippen LogP) is 1.99. The van der Waals surface area contributed by atoms with Crippen molar-refractivity contribution in [3.8, 4) is 0 Å². The normalized spacial score (nSPS) is 22.8. The topological polar surface area (TPSA) is 59.2 Å². The summed E-state index contributed by atoms with van der Waals surface area (Å²) in [5.74, 6) is 0.774. The third-order valence-electron chi connectivity index (χ3n) is 4.23. The second-order valence-electron chi connectivity index (χ2n) is 5.68. The van der Waals surface area contributed by atoms with Crippen LogP contribution in [0.25, 0.3) is 0 Å². The molecular weight excluding hydrogens is 250 g/mol. The van der Waals surface area contributed by atoms with Crippen LogP contribution in [0.4, 0.5) is 0 Å². The predicted molar refractivity (Wildman–Crippen MR) is 80.1 cm³/mol. The number of aromatic nitrogens is 1. The van der Waals surface area contributed by atoms with E-state index >= 15 is 0 Å². The Hall–Kier alpha value is -1.42. The lowest BCUT2D eigenvalue weighted by atomic mass is 9.90. The average molecular weight is 275 g/mol. The zero-order valence-electron chi connectivity index (χ0n) is 12.3. The first-order valence-corrected chi connectivity index (χ1v) is 7.62. The number of nitrogens with two attached hydrogens (primary N) is 1. The van der Waals surface area contributed by atoms with Crippen LogP contribution in [0.15, 0.2) is 24.4 Å². The number of pyridine rings is 1. The van der Waals surface area contributed by atoms with Crippen molar-refractivity contribution in [2.75, 3.05) is 13.1 Å². The fourth-order valence-corrected chi connectivity index (χ4v) is 3.03. The van der Waals surface area contributed by atoms with Crippen molar-refractivity contribution in [1.82, 2.24) is 9.88 Å². The Bertz CT molecular complexity index is 421. The molecule has 1 aromatic heterocycles. The summed E-state index contributed by atoms with van der Waals surface area (Å²) in [5, 5.41) is 0. The van der Waals surface area contributed by atoms with Gasteiger partial charge in [-0.05, 0) is 43.7 Å². The standard InChI is InChI=1S/C16H25N3O/c1-13-6-5-11-19(15(13)12-17)16(20)9-4-8-14-7-2-3-10-18-14/h2-3,7,10,13,15H,4-6,8-9,11-12,17H2,1H3/t13-,15-/m1/s1. The number of carbonyl (C=O) groups is 1. The maximum Gasteiger partial charge on any atom is 0.222 e. The number of carbonyl (C=O) groups excluding carboxylic acids is 1. The van der Waals surface area contributed by atoms with Crippen molar-refractivity contribution in [1.29, 1.82) is 0 Å². The van der Waals surface area contributed by atoms with Crippen LogP contribution >= 0.6 is 0 Å². The summed E-state index contributed by atoms with van der Waals surface area (Å²) in [5.41, 5.74) is 6.90. The fourth-order valence-electron chi connectivity index (χ4n) is 3.03. The van der Waals surface area contributed by atoms with E-state index in [4.69, 9.17) is 5.73 Å². The van der Waals surface area contributed by atoms with Crippen molar-refractivity contribution in [3.05, 3.63) is 30.1 Å². The first-order chi connectivity index (χ1) is 9.72. The van der Waals surface area contributed by atoms with Crippen molar-refractivity contribution >= 4 is 5.91 Å². The molecule has 1 aliphatic rings. The van der Waals surface area contributed by atoms with Crippen LogP contribution in [0.3, 0.4) is 0 Å². The highest BCUT2D eigenvalue weighted by atomic mass is 16.2. The number of amides is 1. The third-order valence-corrected chi connectivity index (χ3v) is 4.23. The van der Waals surface area contributed by atoms with E-state index in [9.17, 15) is 4.79 Å². The lowest BCUT2D eigenvalue weighted by Gasteiger charge is -2.39. The molecule has 2 N–H and O–H groups in total. The first kappa shape index (κ1) is 15.0. The first-order valence-electron chi connectivity index (χ1n) is 7.62. The van der Waals surface area contributed by atoms with E-state index in [1.54, 1.807) is 6.20 Å². The van der Waals surface area contributed by atoms with Crippen LogP contribution in [-0.2, 0) is 11.2 Å². The second-order valence-corrected chi connectivity index (χ2v) is 5.68. The molecule has 1 saturated heterocycles. The van der Waals surface area contributed by atoms with E-state index in [1.807, 2.05) is 23.1 Å². The van der Waals surface area contributed by atoms with Crippen LogP contribution in [0.2, 0.25) is 0 Å². The fraction of sp³-hybridized carbons (Fsp3) is 0.625. The molecule has 2 heterocycles. The molecular formula is C16H25N3O. The van der Waals surface area contributed by atoms with E-state index in [0.717, 1.165) is 31.5 Å². The highest BCUT2D eigenvalue weighted by molar-refractivity contribution is 5.76. The minimum atomic E-state index is 0.228. The molecule has 0 unspecified atom stereocenters. The van der Waals surface area contributed by atoms with Crippen molar-refractivity contribution < 1.29 is 4.79 Å². The number of hydrogen-bond donors (Lipinski definition) is 1. The molecule has 1 amide bonds. The summed E-state index contributed by atoms with van der Waals surface area (Å²) in [6.45, 7) is 3.65. The maximum absolute atomic E-state index is 12.4. The van der Waals surface area contributed by atoms with E-state index in [-0.39, 0.29) is 11.9 Å². The van der Waals surface area contributed by atoms with Gasteiger partial charge in [0.2, 0.25) is 5.91 Å². The average Bonchev–Trinajstić information content (AvgIpc) is 2.48. The van der Waals surface area contributed by atoms with E-state index in [0.29, 0.717) is 18.9 Å². The molecule has 0 radical (unpaired) electrons. The largest absolute Gasteiger partial charge is 0.338 e. The van der Waals surface area contributed by atoms with Crippen LogP contribution < -0.4 is 5.73 Å². The van der Waals surface area contributed by atoms with Crippen LogP contribution in [-0.4, -0.2) is 34.9 Å². The van der Waals surface area contributed by atoms with Gasteiger partial charge >= 0.3 is 0 Å². The number of rotatable bonds is 5. The molecule has 2 rings (SSSR count). The maximum atomic E-state index is 12.4. The highest BCUT2D eigenvalue weighted by Crippen LogP contribution is 2.23. The SMILES string of the molecule is C[C@@H]1CCCN(C(=O)CCCc2ccccn2)[C@@H]1CN. The van der Waals surface area contributed by atoms with Crippen LogP contribution in [0.1, 0.15) is 38.3 Å². The Morgan fingerprint density at radius 1 is 1.50 bits per heavy atom. The van der Waals surface area contributed by atoms with E-state index in [1.165, 1.54) is 6.42 Å². The van der Waals surface area contributed by atoms with E-state index < -0.39 is 0 Å². The molecule has 110 valence electrons. The second kappa shape index (κ2) is 7.39. The highest BCUT2D eigenvalue weighted by Gasteiger charge is 2.30. The lowest BCUT2D eigenvalue weighted by Crippen LogP contribution is -2.51. The van der Waals surface area contributed by atoms with E-state index in [2.05, 4.69) is 11.9 Å². The molecule has 0 saturated carbocycles. The molecule has 20 heavy (non-hydrogen) atoms. The van der Waals surface area contributed by atoms with Crippen LogP contribution in [0, 0.1) is 5.92 Å². The summed E-state index contributed by atoms with van der Waals surface area (Å²) in [6, 6.07) is 6.14. The Morgan fingerprint density at radius 3 is 3.05 bits per heavy atom. The lowest BCUT2D eigenvalue weighted by molar-refractivity contribution is -0.136. The van der Waals surface area contributed by atoms with Crippen molar-refractivity contribution in [3.63, 3.8) is 0 Å². The summed E-state index contributed by atoms with van der Waals surface area (Å²) in [7, 11) is 0. The van der Waals surface area contributed by atoms with Gasteiger partial charge in [0, 0.05) is 37.4 Å². The summed E-state index contributed by atoms with van der Waals surface area (Å²) in [6.07, 6.45) is 6.40. The van der Waals surface area contributed by atoms with Crippen molar-refractivity contribution in [2.45, 2.75) is 45.1 Å². The Kier molecular flexibility index (Phi) is 5.53. The smallest absolute Gasteiger partial charge is 0.222 e. The molecule has 0 aliphatic carbocycles. The minimum absolute atomic E-state index is 0.228. The number of hydrogen-bond acceptors (Lipinski definition) is 3. The Morgan fingerprint density at radius 2 is 2.35 bits per heavy atom. The molecule has 4 heteroatoms. The Labute approximate surface area is 121 Å². The van der Waals surface area contributed by atoms with Crippen LogP contribution in [0.5, 0.6) is 0 Å². The molecule has 2 atom stereocenters. The van der Waals surface area contributed by atoms with Gasteiger partial charge in [-0.1, -0.05) is 13.0 Å². The van der Waals surface area contributed by atoms with Gasteiger partial charge in [0.05, 0.1) is 0 Å². The summed E-state index contributed by atoms with van der Waals surface area (Å²) >= 11 is 0. The summed E-state index contributed by atoms with van der Waals surface area (Å²) < 4.78 is 0. The number of likely N-dealkylation sites (tertiary alicyclic amines) is 1. The van der Waals surface area contributed by atoms with Gasteiger partial charge in [0.15, 0.2) is 0 Å². The van der Waals surface area contributed by atoms with Gasteiger partial charge in [-0.3, -0.25) is 9.78 Å². The molecule has 1 fully saturated rings. The van der Waals surface area contributed by atoms with Gasteiger partial charge in [0.25, 0.3) is 0 Å². The zero-order chi connectivity index (χ0) is 14.4. The minimum Gasteiger partial charge on any atom is -0.338 e. The van der Waals surface area contributed by atoms with Gasteiger partial charge in [0.1, 0.15) is 0 Å². The zero-order valence-corrected chi connectivity index (χ0v) is 12.3.